The number of nitrogen functional groups attached to an aromatic ring is 1. The number of nitrogens with one attached hydrogen (secondary N) is 2. The molecule has 0 radical (unpaired) electrons. The van der Waals surface area contributed by atoms with E-state index in [-0.39, 0.29) is 17.8 Å². The molecule has 4 N–H and O–H groups in total. The fraction of sp³-hybridized carbons (Fsp3) is 0.692. The first-order valence-electron chi connectivity index (χ1n) is 7.21. The van der Waals surface area contributed by atoms with Gasteiger partial charge < -0.3 is 21.1 Å². The van der Waals surface area contributed by atoms with Crippen molar-refractivity contribution in [1.82, 2.24) is 15.2 Å². The third kappa shape index (κ3) is 4.55. The number of rotatable bonds is 6. The van der Waals surface area contributed by atoms with Gasteiger partial charge in [0.05, 0.1) is 13.2 Å². The molecule has 1 aliphatic rings. The van der Waals surface area contributed by atoms with Crippen LogP contribution in [0.1, 0.15) is 23.5 Å². The third-order valence-electron chi connectivity index (χ3n) is 3.20. The lowest BCUT2D eigenvalue weighted by Crippen LogP contribution is -2.45. The number of carbonyl (C=O) groups is 1. The van der Waals surface area contributed by atoms with Crippen molar-refractivity contribution in [3.05, 3.63) is 4.88 Å². The Balaban J connectivity index is 1.87. The average Bonchev–Trinajstić information content (AvgIpc) is 2.81. The fourth-order valence-electron chi connectivity index (χ4n) is 2.23. The minimum atomic E-state index is -0.157. The zero-order valence-electron chi connectivity index (χ0n) is 12.5. The minimum absolute atomic E-state index is 0.0553. The Morgan fingerprint density at radius 3 is 2.90 bits per heavy atom. The van der Waals surface area contributed by atoms with Gasteiger partial charge in [-0.3, -0.25) is 9.69 Å². The summed E-state index contributed by atoms with van der Waals surface area (Å²) in [5.41, 5.74) is 5.80. The number of carbonyl (C=O) groups excluding carboxylic acids is 1. The normalized spacial score (nSPS) is 17.4. The van der Waals surface area contributed by atoms with Crippen molar-refractivity contribution >= 4 is 28.2 Å². The van der Waals surface area contributed by atoms with Gasteiger partial charge in [0.1, 0.15) is 10.7 Å². The number of anilines is 2. The van der Waals surface area contributed by atoms with Crippen molar-refractivity contribution in [2.45, 2.75) is 19.9 Å². The highest BCUT2D eigenvalue weighted by Crippen LogP contribution is 2.24. The van der Waals surface area contributed by atoms with Crippen LogP contribution in [0.15, 0.2) is 0 Å². The second kappa shape index (κ2) is 7.58. The maximum absolute atomic E-state index is 12.2. The van der Waals surface area contributed by atoms with Gasteiger partial charge in [0.15, 0.2) is 5.13 Å². The van der Waals surface area contributed by atoms with Crippen LogP contribution in [-0.2, 0) is 4.74 Å². The number of nitrogens with zero attached hydrogens (tertiary/aromatic N) is 2. The van der Waals surface area contributed by atoms with Crippen LogP contribution in [0, 0.1) is 0 Å². The van der Waals surface area contributed by atoms with E-state index in [4.69, 9.17) is 10.5 Å². The van der Waals surface area contributed by atoms with E-state index >= 15 is 0 Å². The molecule has 118 valence electrons. The Labute approximate surface area is 128 Å². The first-order chi connectivity index (χ1) is 10.1. The van der Waals surface area contributed by atoms with Crippen molar-refractivity contribution in [2.75, 3.05) is 50.4 Å². The van der Waals surface area contributed by atoms with Crippen molar-refractivity contribution in [3.63, 3.8) is 0 Å². The molecular weight excluding hydrogens is 290 g/mol. The van der Waals surface area contributed by atoms with E-state index in [1.807, 2.05) is 13.8 Å². The van der Waals surface area contributed by atoms with Gasteiger partial charge in [-0.1, -0.05) is 11.3 Å². The molecule has 0 saturated carbocycles. The predicted octanol–water partition coefficient (Wildman–Crippen LogP) is 0.608. The zero-order valence-corrected chi connectivity index (χ0v) is 13.3. The highest BCUT2D eigenvalue weighted by Gasteiger charge is 2.19. The smallest absolute Gasteiger partial charge is 0.265 e. The number of ether oxygens (including phenoxy) is 1. The Bertz CT molecular complexity index is 473. The second-order valence-corrected chi connectivity index (χ2v) is 6.05. The van der Waals surface area contributed by atoms with Gasteiger partial charge in [0, 0.05) is 32.2 Å². The average molecular weight is 313 g/mol. The minimum Gasteiger partial charge on any atom is -0.382 e. The molecule has 2 heterocycles. The van der Waals surface area contributed by atoms with Gasteiger partial charge in [-0.15, -0.1) is 0 Å². The molecular formula is C13H23N5O2S. The predicted molar refractivity (Wildman–Crippen MR) is 84.9 cm³/mol. The maximum atomic E-state index is 12.2. The summed E-state index contributed by atoms with van der Waals surface area (Å²) >= 11 is 1.29. The molecule has 1 atom stereocenters. The maximum Gasteiger partial charge on any atom is 0.265 e. The van der Waals surface area contributed by atoms with E-state index in [1.54, 1.807) is 0 Å². The SMILES string of the molecule is CCNc1nc(N)c(C(=O)NC(C)CN2CCOCC2)s1. The van der Waals surface area contributed by atoms with Crippen LogP contribution in [-0.4, -0.2) is 61.2 Å². The van der Waals surface area contributed by atoms with E-state index in [2.05, 4.69) is 20.5 Å². The highest BCUT2D eigenvalue weighted by molar-refractivity contribution is 7.18. The van der Waals surface area contributed by atoms with Crippen LogP contribution in [0.4, 0.5) is 10.9 Å². The summed E-state index contributed by atoms with van der Waals surface area (Å²) in [7, 11) is 0. The van der Waals surface area contributed by atoms with Gasteiger partial charge in [0.25, 0.3) is 5.91 Å². The monoisotopic (exact) mass is 313 g/mol. The van der Waals surface area contributed by atoms with Crippen molar-refractivity contribution in [1.29, 1.82) is 0 Å². The Kier molecular flexibility index (Phi) is 5.77. The van der Waals surface area contributed by atoms with Crippen molar-refractivity contribution in [3.8, 4) is 0 Å². The summed E-state index contributed by atoms with van der Waals surface area (Å²) in [4.78, 5) is 19.1. The Morgan fingerprint density at radius 1 is 1.52 bits per heavy atom. The molecule has 2 rings (SSSR count). The van der Waals surface area contributed by atoms with Gasteiger partial charge in [-0.2, -0.15) is 0 Å². The molecule has 1 aromatic rings. The molecule has 1 aliphatic heterocycles. The number of nitrogens with two attached hydrogens (primary N) is 1. The Hall–Kier alpha value is -1.38. The Morgan fingerprint density at radius 2 is 2.24 bits per heavy atom. The van der Waals surface area contributed by atoms with Crippen LogP contribution >= 0.6 is 11.3 Å². The van der Waals surface area contributed by atoms with Crippen LogP contribution < -0.4 is 16.4 Å². The summed E-state index contributed by atoms with van der Waals surface area (Å²) in [6.07, 6.45) is 0. The lowest BCUT2D eigenvalue weighted by Gasteiger charge is -2.29. The first-order valence-corrected chi connectivity index (χ1v) is 8.03. The van der Waals surface area contributed by atoms with E-state index < -0.39 is 0 Å². The summed E-state index contributed by atoms with van der Waals surface area (Å²) in [6.45, 7) is 8.87. The molecule has 21 heavy (non-hydrogen) atoms. The molecule has 0 spiro atoms. The molecule has 0 bridgehead atoms. The summed E-state index contributed by atoms with van der Waals surface area (Å²) in [5.74, 6) is 0.127. The number of thiazole rings is 1. The fourth-order valence-corrected chi connectivity index (χ4v) is 3.08. The van der Waals surface area contributed by atoms with Gasteiger partial charge in [-0.25, -0.2) is 4.98 Å². The van der Waals surface area contributed by atoms with E-state index in [9.17, 15) is 4.79 Å². The number of morpholine rings is 1. The third-order valence-corrected chi connectivity index (χ3v) is 4.23. The second-order valence-electron chi connectivity index (χ2n) is 5.05. The number of aromatic nitrogens is 1. The molecule has 0 aliphatic carbocycles. The molecule has 7 nitrogen and oxygen atoms in total. The molecule has 1 saturated heterocycles. The van der Waals surface area contributed by atoms with E-state index in [0.29, 0.717) is 10.0 Å². The van der Waals surface area contributed by atoms with Crippen molar-refractivity contribution < 1.29 is 9.53 Å². The largest absolute Gasteiger partial charge is 0.382 e. The molecule has 1 unspecified atom stereocenters. The van der Waals surface area contributed by atoms with Crippen molar-refractivity contribution in [2.24, 2.45) is 0 Å². The molecule has 1 aromatic heterocycles. The number of amides is 1. The zero-order chi connectivity index (χ0) is 15.2. The molecule has 0 aromatic carbocycles. The summed E-state index contributed by atoms with van der Waals surface area (Å²) in [5, 5.41) is 6.73. The van der Waals surface area contributed by atoms with Gasteiger partial charge in [0.2, 0.25) is 0 Å². The topological polar surface area (TPSA) is 92.5 Å². The lowest BCUT2D eigenvalue weighted by molar-refractivity contribution is 0.0342. The highest BCUT2D eigenvalue weighted by atomic mass is 32.1. The van der Waals surface area contributed by atoms with E-state index in [1.165, 1.54) is 11.3 Å². The summed E-state index contributed by atoms with van der Waals surface area (Å²) in [6, 6.07) is 0.0553. The number of hydrogen-bond acceptors (Lipinski definition) is 7. The van der Waals surface area contributed by atoms with Crippen LogP contribution in [0.3, 0.4) is 0 Å². The summed E-state index contributed by atoms with van der Waals surface area (Å²) < 4.78 is 5.31. The lowest BCUT2D eigenvalue weighted by atomic mass is 10.2. The van der Waals surface area contributed by atoms with Crippen LogP contribution in [0.25, 0.3) is 0 Å². The van der Waals surface area contributed by atoms with Gasteiger partial charge in [-0.05, 0) is 13.8 Å². The van der Waals surface area contributed by atoms with Crippen LogP contribution in [0.5, 0.6) is 0 Å². The first kappa shape index (κ1) is 16.0. The van der Waals surface area contributed by atoms with E-state index in [0.717, 1.165) is 39.4 Å². The van der Waals surface area contributed by atoms with Gasteiger partial charge >= 0.3 is 0 Å². The molecule has 1 fully saturated rings. The standard InChI is InChI=1S/C13H23N5O2S/c1-3-15-13-17-11(14)10(21-13)12(19)16-9(2)8-18-4-6-20-7-5-18/h9H,3-8,14H2,1-2H3,(H,15,17)(H,16,19). The molecule has 1 amide bonds. The molecule has 8 heteroatoms. The van der Waals surface area contributed by atoms with Crippen LogP contribution in [0.2, 0.25) is 0 Å². The number of hydrogen-bond donors (Lipinski definition) is 3. The quantitative estimate of drug-likeness (QED) is 0.712.